The molecule has 0 aromatic carbocycles. The number of piperazine rings is 1. The monoisotopic (exact) mass is 186 g/mol. The highest BCUT2D eigenvalue weighted by Crippen LogP contribution is 2.12. The van der Waals surface area contributed by atoms with Gasteiger partial charge in [-0.25, -0.2) is 0 Å². The second kappa shape index (κ2) is 7.34. The summed E-state index contributed by atoms with van der Waals surface area (Å²) in [5.74, 6) is 0. The van der Waals surface area contributed by atoms with Crippen LogP contribution in [0.25, 0.3) is 0 Å². The van der Waals surface area contributed by atoms with Crippen LogP contribution in [-0.4, -0.2) is 37.1 Å². The fourth-order valence-corrected chi connectivity index (χ4v) is 1.92. The SMILES string of the molecule is CC.CCCC1C(C)NCCN1C. The molecule has 13 heavy (non-hydrogen) atoms. The van der Waals surface area contributed by atoms with Gasteiger partial charge >= 0.3 is 0 Å². The fourth-order valence-electron chi connectivity index (χ4n) is 1.92. The molecule has 0 spiro atoms. The van der Waals surface area contributed by atoms with E-state index in [4.69, 9.17) is 0 Å². The molecule has 0 amide bonds. The number of likely N-dealkylation sites (N-methyl/N-ethyl adjacent to an activating group) is 1. The maximum atomic E-state index is 3.51. The van der Waals surface area contributed by atoms with Crippen molar-refractivity contribution in [2.24, 2.45) is 0 Å². The molecule has 1 aliphatic heterocycles. The summed E-state index contributed by atoms with van der Waals surface area (Å²) in [4.78, 5) is 2.48. The minimum atomic E-state index is 0.675. The summed E-state index contributed by atoms with van der Waals surface area (Å²) < 4.78 is 0. The Kier molecular flexibility index (Phi) is 7.29. The van der Waals surface area contributed by atoms with Crippen LogP contribution in [0.1, 0.15) is 40.5 Å². The van der Waals surface area contributed by atoms with E-state index < -0.39 is 0 Å². The van der Waals surface area contributed by atoms with Crippen LogP contribution in [-0.2, 0) is 0 Å². The van der Waals surface area contributed by atoms with E-state index in [0.29, 0.717) is 6.04 Å². The lowest BCUT2D eigenvalue weighted by Crippen LogP contribution is -2.54. The number of nitrogens with zero attached hydrogens (tertiary/aromatic N) is 1. The molecule has 80 valence electrons. The maximum absolute atomic E-state index is 3.51. The van der Waals surface area contributed by atoms with Crippen LogP contribution in [0, 0.1) is 0 Å². The number of rotatable bonds is 2. The molecular weight excluding hydrogens is 160 g/mol. The molecule has 2 atom stereocenters. The molecule has 0 saturated carbocycles. The summed E-state index contributed by atoms with van der Waals surface area (Å²) in [6.07, 6.45) is 2.62. The quantitative estimate of drug-likeness (QED) is 0.710. The molecule has 1 heterocycles. The van der Waals surface area contributed by atoms with Crippen molar-refractivity contribution in [1.82, 2.24) is 10.2 Å². The van der Waals surface area contributed by atoms with Gasteiger partial charge in [0.2, 0.25) is 0 Å². The van der Waals surface area contributed by atoms with Crippen molar-refractivity contribution < 1.29 is 0 Å². The molecule has 0 aliphatic carbocycles. The van der Waals surface area contributed by atoms with Crippen LogP contribution in [0.4, 0.5) is 0 Å². The van der Waals surface area contributed by atoms with Gasteiger partial charge in [0.25, 0.3) is 0 Å². The Morgan fingerprint density at radius 2 is 2.00 bits per heavy atom. The lowest BCUT2D eigenvalue weighted by atomic mass is 10.0. The Morgan fingerprint density at radius 3 is 2.46 bits per heavy atom. The van der Waals surface area contributed by atoms with Crippen molar-refractivity contribution in [2.45, 2.75) is 52.6 Å². The second-order valence-electron chi connectivity index (χ2n) is 3.58. The lowest BCUT2D eigenvalue weighted by molar-refractivity contribution is 0.149. The normalized spacial score (nSPS) is 29.3. The van der Waals surface area contributed by atoms with Gasteiger partial charge < -0.3 is 10.2 Å². The van der Waals surface area contributed by atoms with E-state index in [2.05, 4.69) is 31.1 Å². The zero-order chi connectivity index (χ0) is 10.3. The van der Waals surface area contributed by atoms with Crippen LogP contribution in [0.3, 0.4) is 0 Å². The summed E-state index contributed by atoms with van der Waals surface area (Å²) in [7, 11) is 2.23. The van der Waals surface area contributed by atoms with Crippen LogP contribution in [0.15, 0.2) is 0 Å². The predicted molar refractivity (Wildman–Crippen MR) is 60.1 cm³/mol. The molecule has 1 rings (SSSR count). The first-order valence-corrected chi connectivity index (χ1v) is 5.69. The molecule has 0 bridgehead atoms. The van der Waals surface area contributed by atoms with Gasteiger partial charge in [-0.3, -0.25) is 0 Å². The third-order valence-corrected chi connectivity index (χ3v) is 2.66. The van der Waals surface area contributed by atoms with Gasteiger partial charge in [-0.1, -0.05) is 27.2 Å². The van der Waals surface area contributed by atoms with Crippen molar-refractivity contribution in [3.05, 3.63) is 0 Å². The van der Waals surface area contributed by atoms with Gasteiger partial charge in [-0.05, 0) is 20.4 Å². The summed E-state index contributed by atoms with van der Waals surface area (Å²) in [6.45, 7) is 10.9. The van der Waals surface area contributed by atoms with Crippen molar-refractivity contribution in [3.8, 4) is 0 Å². The molecule has 1 N–H and O–H groups in total. The van der Waals surface area contributed by atoms with Gasteiger partial charge in [0.05, 0.1) is 0 Å². The smallest absolute Gasteiger partial charge is 0.0244 e. The Labute approximate surface area is 83.7 Å². The third-order valence-electron chi connectivity index (χ3n) is 2.66. The van der Waals surface area contributed by atoms with E-state index >= 15 is 0 Å². The first-order chi connectivity index (χ1) is 6.25. The van der Waals surface area contributed by atoms with Gasteiger partial charge in [-0.15, -0.1) is 0 Å². The second-order valence-corrected chi connectivity index (χ2v) is 3.58. The Morgan fingerprint density at radius 1 is 1.38 bits per heavy atom. The highest BCUT2D eigenvalue weighted by Gasteiger charge is 2.23. The number of nitrogens with one attached hydrogen (secondary N) is 1. The largest absolute Gasteiger partial charge is 0.311 e. The van der Waals surface area contributed by atoms with Crippen LogP contribution in [0.5, 0.6) is 0 Å². The zero-order valence-corrected chi connectivity index (χ0v) is 9.93. The maximum Gasteiger partial charge on any atom is 0.0244 e. The molecule has 0 aromatic rings. The zero-order valence-electron chi connectivity index (χ0n) is 9.93. The molecule has 1 saturated heterocycles. The highest BCUT2D eigenvalue weighted by molar-refractivity contribution is 4.84. The molecule has 1 fully saturated rings. The van der Waals surface area contributed by atoms with E-state index in [1.807, 2.05) is 13.8 Å². The Bertz CT molecular complexity index is 105. The molecule has 1 aliphatic rings. The molecule has 0 aromatic heterocycles. The first kappa shape index (κ1) is 12.9. The molecule has 2 heteroatoms. The fraction of sp³-hybridized carbons (Fsp3) is 1.00. The molecule has 0 radical (unpaired) electrons. The number of hydrogen-bond acceptors (Lipinski definition) is 2. The van der Waals surface area contributed by atoms with Gasteiger partial charge in [-0.2, -0.15) is 0 Å². The van der Waals surface area contributed by atoms with Crippen LogP contribution < -0.4 is 5.32 Å². The van der Waals surface area contributed by atoms with E-state index in [0.717, 1.165) is 12.6 Å². The third kappa shape index (κ3) is 4.10. The van der Waals surface area contributed by atoms with Crippen molar-refractivity contribution >= 4 is 0 Å². The molecular formula is C11H26N2. The van der Waals surface area contributed by atoms with Crippen molar-refractivity contribution in [2.75, 3.05) is 20.1 Å². The minimum Gasteiger partial charge on any atom is -0.311 e. The molecule has 2 nitrogen and oxygen atoms in total. The van der Waals surface area contributed by atoms with E-state index in [-0.39, 0.29) is 0 Å². The highest BCUT2D eigenvalue weighted by atomic mass is 15.2. The minimum absolute atomic E-state index is 0.675. The Hall–Kier alpha value is -0.0800. The van der Waals surface area contributed by atoms with Gasteiger partial charge in [0.15, 0.2) is 0 Å². The summed E-state index contributed by atoms with van der Waals surface area (Å²) in [6, 6.07) is 1.43. The van der Waals surface area contributed by atoms with Gasteiger partial charge in [0.1, 0.15) is 0 Å². The average molecular weight is 186 g/mol. The van der Waals surface area contributed by atoms with Gasteiger partial charge in [0, 0.05) is 25.2 Å². The lowest BCUT2D eigenvalue weighted by Gasteiger charge is -2.38. The topological polar surface area (TPSA) is 15.3 Å². The molecule has 2 unspecified atom stereocenters. The van der Waals surface area contributed by atoms with Crippen LogP contribution >= 0.6 is 0 Å². The summed E-state index contributed by atoms with van der Waals surface area (Å²) >= 11 is 0. The van der Waals surface area contributed by atoms with E-state index in [1.165, 1.54) is 19.4 Å². The Balaban J connectivity index is 0.000000671. The van der Waals surface area contributed by atoms with Crippen molar-refractivity contribution in [3.63, 3.8) is 0 Å². The van der Waals surface area contributed by atoms with Crippen LogP contribution in [0.2, 0.25) is 0 Å². The standard InChI is InChI=1S/C9H20N2.C2H6/c1-4-5-9-8(2)10-6-7-11(9)3;1-2/h8-10H,4-7H2,1-3H3;1-2H3. The van der Waals surface area contributed by atoms with E-state index in [1.54, 1.807) is 0 Å². The summed E-state index contributed by atoms with van der Waals surface area (Å²) in [5, 5.41) is 3.51. The van der Waals surface area contributed by atoms with Crippen molar-refractivity contribution in [1.29, 1.82) is 0 Å². The number of hydrogen-bond donors (Lipinski definition) is 1. The first-order valence-electron chi connectivity index (χ1n) is 5.69. The average Bonchev–Trinajstić information content (AvgIpc) is 2.15. The predicted octanol–water partition coefficient (Wildman–Crippen LogP) is 2.10. The summed E-state index contributed by atoms with van der Waals surface area (Å²) in [5.41, 5.74) is 0. The van der Waals surface area contributed by atoms with E-state index in [9.17, 15) is 0 Å².